The molecule has 2 aromatic rings. The third-order valence-corrected chi connectivity index (χ3v) is 5.32. The summed E-state index contributed by atoms with van der Waals surface area (Å²) in [6.45, 7) is 0. The topological polar surface area (TPSA) is 21.3 Å². The van der Waals surface area contributed by atoms with Crippen LogP contribution in [0.2, 0.25) is 0 Å². The molecule has 0 fully saturated rings. The van der Waals surface area contributed by atoms with Crippen molar-refractivity contribution in [1.29, 1.82) is 0 Å². The van der Waals surface area contributed by atoms with E-state index in [1.54, 1.807) is 7.11 Å². The number of allylic oxidation sites excluding steroid dienone is 2. The lowest BCUT2D eigenvalue weighted by atomic mass is 9.77. The normalized spacial score (nSPS) is 24.7. The Morgan fingerprint density at radius 1 is 1.22 bits per heavy atom. The average molecular weight is 374 g/mol. The van der Waals surface area contributed by atoms with E-state index in [2.05, 4.69) is 39.5 Å². The first-order chi connectivity index (χ1) is 11.2. The first-order valence-corrected chi connectivity index (χ1v) is 8.53. The van der Waals surface area contributed by atoms with E-state index in [1.807, 2.05) is 24.3 Å². The van der Waals surface area contributed by atoms with Crippen LogP contribution in [0.4, 0.5) is 10.1 Å². The van der Waals surface area contributed by atoms with Gasteiger partial charge in [-0.1, -0.05) is 46.3 Å². The Bertz CT molecular complexity index is 789. The van der Waals surface area contributed by atoms with E-state index in [-0.39, 0.29) is 17.8 Å². The summed E-state index contributed by atoms with van der Waals surface area (Å²) in [6, 6.07) is 11.6. The first kappa shape index (κ1) is 14.8. The van der Waals surface area contributed by atoms with E-state index in [9.17, 15) is 4.39 Å². The second-order valence-electron chi connectivity index (χ2n) is 6.07. The van der Waals surface area contributed by atoms with E-state index in [0.29, 0.717) is 11.6 Å². The summed E-state index contributed by atoms with van der Waals surface area (Å²) >= 11 is 3.41. The maximum Gasteiger partial charge on any atom is 0.147 e. The highest BCUT2D eigenvalue weighted by atomic mass is 79.9. The highest BCUT2D eigenvalue weighted by molar-refractivity contribution is 9.10. The maximum absolute atomic E-state index is 14.5. The molecular formula is C19H17BrFNO. The van der Waals surface area contributed by atoms with Crippen molar-refractivity contribution in [2.75, 3.05) is 12.4 Å². The van der Waals surface area contributed by atoms with Gasteiger partial charge in [-0.15, -0.1) is 0 Å². The zero-order valence-corrected chi connectivity index (χ0v) is 14.3. The minimum absolute atomic E-state index is 0.0364. The Morgan fingerprint density at radius 3 is 2.87 bits per heavy atom. The Balaban J connectivity index is 1.85. The molecule has 4 rings (SSSR count). The predicted molar refractivity (Wildman–Crippen MR) is 93.4 cm³/mol. The molecular weight excluding hydrogens is 357 g/mol. The molecule has 2 aliphatic rings. The highest BCUT2D eigenvalue weighted by Gasteiger charge is 2.40. The number of anilines is 1. The van der Waals surface area contributed by atoms with Gasteiger partial charge in [-0.25, -0.2) is 4.39 Å². The van der Waals surface area contributed by atoms with Crippen LogP contribution >= 0.6 is 15.9 Å². The van der Waals surface area contributed by atoms with Crippen LogP contribution in [0.1, 0.15) is 29.5 Å². The minimum atomic E-state index is -0.215. The number of fused-ring (bicyclic) bond motifs is 3. The molecule has 0 aromatic heterocycles. The van der Waals surface area contributed by atoms with Crippen LogP contribution in [0.3, 0.4) is 0 Å². The number of rotatable bonds is 2. The van der Waals surface area contributed by atoms with Gasteiger partial charge in [0, 0.05) is 16.0 Å². The number of para-hydroxylation sites is 1. The van der Waals surface area contributed by atoms with Crippen molar-refractivity contribution in [3.63, 3.8) is 0 Å². The van der Waals surface area contributed by atoms with Crippen molar-refractivity contribution < 1.29 is 9.13 Å². The largest absolute Gasteiger partial charge is 0.496 e. The third kappa shape index (κ3) is 2.36. The van der Waals surface area contributed by atoms with Crippen molar-refractivity contribution in [3.8, 4) is 5.75 Å². The second kappa shape index (κ2) is 5.68. The van der Waals surface area contributed by atoms with E-state index >= 15 is 0 Å². The molecule has 1 heterocycles. The van der Waals surface area contributed by atoms with Gasteiger partial charge in [0.25, 0.3) is 0 Å². The molecule has 0 amide bonds. The van der Waals surface area contributed by atoms with Gasteiger partial charge in [0.05, 0.1) is 18.8 Å². The van der Waals surface area contributed by atoms with Crippen molar-refractivity contribution in [2.45, 2.75) is 18.4 Å². The summed E-state index contributed by atoms with van der Waals surface area (Å²) in [7, 11) is 1.68. The van der Waals surface area contributed by atoms with Crippen molar-refractivity contribution in [1.82, 2.24) is 0 Å². The van der Waals surface area contributed by atoms with Crippen LogP contribution in [0.5, 0.6) is 5.75 Å². The Hall–Kier alpha value is -1.81. The molecule has 23 heavy (non-hydrogen) atoms. The lowest BCUT2D eigenvalue weighted by Gasteiger charge is -2.38. The summed E-state index contributed by atoms with van der Waals surface area (Å²) in [4.78, 5) is 0. The molecule has 0 saturated carbocycles. The number of methoxy groups -OCH3 is 1. The van der Waals surface area contributed by atoms with Crippen molar-refractivity contribution >= 4 is 21.6 Å². The van der Waals surface area contributed by atoms with Crippen molar-refractivity contribution in [2.24, 2.45) is 5.92 Å². The molecule has 1 aliphatic heterocycles. The van der Waals surface area contributed by atoms with Gasteiger partial charge in [-0.05, 0) is 36.1 Å². The molecule has 2 aromatic carbocycles. The van der Waals surface area contributed by atoms with Crippen molar-refractivity contribution in [3.05, 3.63) is 70.0 Å². The molecule has 0 unspecified atom stereocenters. The van der Waals surface area contributed by atoms with Gasteiger partial charge in [0.1, 0.15) is 11.6 Å². The molecule has 0 bridgehead atoms. The fraction of sp³-hybridized carbons (Fsp3) is 0.263. The van der Waals surface area contributed by atoms with Gasteiger partial charge < -0.3 is 10.1 Å². The highest BCUT2D eigenvalue weighted by Crippen LogP contribution is 2.52. The zero-order chi connectivity index (χ0) is 16.0. The summed E-state index contributed by atoms with van der Waals surface area (Å²) in [5.74, 6) is 1.23. The van der Waals surface area contributed by atoms with E-state index in [4.69, 9.17) is 4.74 Å². The van der Waals surface area contributed by atoms with Crippen LogP contribution in [-0.4, -0.2) is 7.11 Å². The van der Waals surface area contributed by atoms with E-state index in [1.165, 1.54) is 6.07 Å². The molecule has 0 saturated heterocycles. The SMILES string of the molecule is COc1ccccc1[C@@H]1Nc2c(F)cc(Br)cc2[C@@H]2C=CC[C@H]21. The lowest BCUT2D eigenvalue weighted by Crippen LogP contribution is -2.30. The van der Waals surface area contributed by atoms with Crippen LogP contribution in [0, 0.1) is 11.7 Å². The van der Waals surface area contributed by atoms with E-state index in [0.717, 1.165) is 27.8 Å². The Labute approximate surface area is 143 Å². The van der Waals surface area contributed by atoms with Crippen LogP contribution in [-0.2, 0) is 0 Å². The van der Waals surface area contributed by atoms with Gasteiger partial charge in [0.15, 0.2) is 0 Å². The van der Waals surface area contributed by atoms with Gasteiger partial charge in [0.2, 0.25) is 0 Å². The molecule has 4 heteroatoms. The smallest absolute Gasteiger partial charge is 0.147 e. The summed E-state index contributed by atoms with van der Waals surface area (Å²) in [5, 5.41) is 3.44. The molecule has 3 atom stereocenters. The number of hydrogen-bond acceptors (Lipinski definition) is 2. The summed E-state index contributed by atoms with van der Waals surface area (Å²) < 4.78 is 20.8. The first-order valence-electron chi connectivity index (χ1n) is 7.74. The standard InChI is InChI=1S/C19H17BrFNO/c1-23-17-8-3-2-5-14(17)18-13-7-4-6-12(13)15-9-11(20)10-16(21)19(15)22-18/h2-6,8-10,12-13,18,22H,7H2,1H3/t12-,13-,18-/m1/s1. The average Bonchev–Trinajstić information content (AvgIpc) is 3.04. The summed E-state index contributed by atoms with van der Waals surface area (Å²) in [5.41, 5.74) is 2.72. The second-order valence-corrected chi connectivity index (χ2v) is 6.98. The van der Waals surface area contributed by atoms with Gasteiger partial charge in [-0.3, -0.25) is 0 Å². The lowest BCUT2D eigenvalue weighted by molar-refractivity contribution is 0.379. The molecule has 0 radical (unpaired) electrons. The minimum Gasteiger partial charge on any atom is -0.496 e. The quantitative estimate of drug-likeness (QED) is 0.709. The maximum atomic E-state index is 14.5. The van der Waals surface area contributed by atoms with Crippen LogP contribution in [0.15, 0.2) is 53.0 Å². The Morgan fingerprint density at radius 2 is 2.04 bits per heavy atom. The van der Waals surface area contributed by atoms with E-state index < -0.39 is 0 Å². The number of benzene rings is 2. The molecule has 1 N–H and O–H groups in total. The number of hydrogen-bond donors (Lipinski definition) is 1. The summed E-state index contributed by atoms with van der Waals surface area (Å²) in [6.07, 6.45) is 5.39. The monoisotopic (exact) mass is 373 g/mol. The fourth-order valence-electron chi connectivity index (χ4n) is 3.85. The van der Waals surface area contributed by atoms with Gasteiger partial charge >= 0.3 is 0 Å². The third-order valence-electron chi connectivity index (χ3n) is 4.86. The van der Waals surface area contributed by atoms with Gasteiger partial charge in [-0.2, -0.15) is 0 Å². The predicted octanol–water partition coefficient (Wildman–Crippen LogP) is 5.42. The van der Waals surface area contributed by atoms with Crippen LogP contribution < -0.4 is 10.1 Å². The number of ether oxygens (including phenoxy) is 1. The Kier molecular flexibility index (Phi) is 3.64. The number of nitrogens with one attached hydrogen (secondary N) is 1. The molecule has 1 aliphatic carbocycles. The zero-order valence-electron chi connectivity index (χ0n) is 12.7. The molecule has 118 valence electrons. The fourth-order valence-corrected chi connectivity index (χ4v) is 4.30. The number of halogens is 2. The van der Waals surface area contributed by atoms with Crippen LogP contribution in [0.25, 0.3) is 0 Å². The molecule has 0 spiro atoms. The molecule has 2 nitrogen and oxygen atoms in total.